The third-order valence-corrected chi connectivity index (χ3v) is 3.72. The van der Waals surface area contributed by atoms with E-state index in [1.54, 1.807) is 6.92 Å². The van der Waals surface area contributed by atoms with Gasteiger partial charge in [0.25, 0.3) is 0 Å². The summed E-state index contributed by atoms with van der Waals surface area (Å²) in [5.41, 5.74) is 2.26. The van der Waals surface area contributed by atoms with Crippen molar-refractivity contribution in [3.63, 3.8) is 0 Å². The van der Waals surface area contributed by atoms with Crippen LogP contribution in [0.2, 0.25) is 0 Å². The minimum atomic E-state index is -0.668. The van der Waals surface area contributed by atoms with Crippen molar-refractivity contribution in [2.45, 2.75) is 25.4 Å². The lowest BCUT2D eigenvalue weighted by Gasteiger charge is -2.26. The van der Waals surface area contributed by atoms with Gasteiger partial charge in [-0.25, -0.2) is 0 Å². The Labute approximate surface area is 124 Å². The number of carbonyl (C=O) groups is 1. The van der Waals surface area contributed by atoms with Gasteiger partial charge in [0.05, 0.1) is 12.1 Å². The van der Waals surface area contributed by atoms with Gasteiger partial charge < -0.3 is 4.84 Å². The molecule has 3 nitrogen and oxygen atoms in total. The van der Waals surface area contributed by atoms with Crippen molar-refractivity contribution >= 4 is 11.5 Å². The van der Waals surface area contributed by atoms with Crippen molar-refractivity contribution in [2.24, 2.45) is 5.16 Å². The normalized spacial score (nSPS) is 20.7. The molecule has 1 aliphatic rings. The summed E-state index contributed by atoms with van der Waals surface area (Å²) in [6.45, 7) is 1.59. The number of ketones is 1. The van der Waals surface area contributed by atoms with E-state index in [0.29, 0.717) is 12.8 Å². The number of oxime groups is 1. The highest BCUT2D eigenvalue weighted by molar-refractivity contribution is 6.02. The summed E-state index contributed by atoms with van der Waals surface area (Å²) in [6.07, 6.45) is 0.942. The maximum atomic E-state index is 11.7. The highest BCUT2D eigenvalue weighted by atomic mass is 16.7. The zero-order valence-corrected chi connectivity index (χ0v) is 12.0. The second-order valence-electron chi connectivity index (χ2n) is 5.41. The SMILES string of the molecule is CC(=O)CC1(c2ccccc2)CC(c2ccccc2)=NO1. The molecule has 0 fully saturated rings. The number of nitrogens with zero attached hydrogens (tertiary/aromatic N) is 1. The molecule has 0 aliphatic carbocycles. The Balaban J connectivity index is 1.93. The zero-order valence-electron chi connectivity index (χ0n) is 12.0. The van der Waals surface area contributed by atoms with Gasteiger partial charge in [-0.2, -0.15) is 0 Å². The standard InChI is InChI=1S/C18H17NO2/c1-14(20)12-18(16-10-6-3-7-11-16)13-17(19-21-18)15-8-4-2-5-9-15/h2-11H,12-13H2,1H3. The van der Waals surface area contributed by atoms with Crippen molar-refractivity contribution in [1.82, 2.24) is 0 Å². The fourth-order valence-corrected chi connectivity index (χ4v) is 2.76. The third kappa shape index (κ3) is 2.72. The zero-order chi connectivity index (χ0) is 14.7. The van der Waals surface area contributed by atoms with E-state index >= 15 is 0 Å². The molecule has 0 aromatic heterocycles. The van der Waals surface area contributed by atoms with Gasteiger partial charge in [0.2, 0.25) is 0 Å². The Morgan fingerprint density at radius 3 is 2.33 bits per heavy atom. The molecule has 3 heteroatoms. The lowest BCUT2D eigenvalue weighted by atomic mass is 9.83. The molecule has 3 rings (SSSR count). The van der Waals surface area contributed by atoms with Crippen LogP contribution >= 0.6 is 0 Å². The van der Waals surface area contributed by atoms with E-state index in [9.17, 15) is 4.79 Å². The maximum Gasteiger partial charge on any atom is 0.175 e. The molecule has 2 aromatic rings. The van der Waals surface area contributed by atoms with Crippen LogP contribution in [0.15, 0.2) is 65.8 Å². The highest BCUT2D eigenvalue weighted by Gasteiger charge is 2.42. The van der Waals surface area contributed by atoms with Gasteiger partial charge in [0.1, 0.15) is 5.78 Å². The molecule has 0 saturated carbocycles. The summed E-state index contributed by atoms with van der Waals surface area (Å²) in [4.78, 5) is 17.5. The molecule has 0 N–H and O–H groups in total. The molecule has 0 bridgehead atoms. The average molecular weight is 279 g/mol. The third-order valence-electron chi connectivity index (χ3n) is 3.72. The maximum absolute atomic E-state index is 11.7. The van der Waals surface area contributed by atoms with E-state index in [4.69, 9.17) is 4.84 Å². The highest BCUT2D eigenvalue weighted by Crippen LogP contribution is 2.39. The van der Waals surface area contributed by atoms with E-state index in [0.717, 1.165) is 16.8 Å². The fourth-order valence-electron chi connectivity index (χ4n) is 2.76. The first-order valence-corrected chi connectivity index (χ1v) is 7.05. The van der Waals surface area contributed by atoms with Gasteiger partial charge in [0.15, 0.2) is 5.60 Å². The van der Waals surface area contributed by atoms with Crippen LogP contribution in [-0.4, -0.2) is 11.5 Å². The van der Waals surface area contributed by atoms with Crippen molar-refractivity contribution in [3.8, 4) is 0 Å². The first-order valence-electron chi connectivity index (χ1n) is 7.05. The monoisotopic (exact) mass is 279 g/mol. The van der Waals surface area contributed by atoms with Crippen LogP contribution in [0.3, 0.4) is 0 Å². The molecule has 21 heavy (non-hydrogen) atoms. The molecule has 0 radical (unpaired) electrons. The smallest absolute Gasteiger partial charge is 0.175 e. The van der Waals surface area contributed by atoms with Gasteiger partial charge in [0, 0.05) is 6.42 Å². The van der Waals surface area contributed by atoms with Gasteiger partial charge >= 0.3 is 0 Å². The number of Topliss-reactive ketones (excluding diaryl/α,β-unsaturated/α-hetero) is 1. The summed E-state index contributed by atoms with van der Waals surface area (Å²) in [6, 6.07) is 19.8. The molecular weight excluding hydrogens is 262 g/mol. The van der Waals surface area contributed by atoms with Crippen LogP contribution in [0, 0.1) is 0 Å². The number of hydrogen-bond acceptors (Lipinski definition) is 3. The number of benzene rings is 2. The van der Waals surface area contributed by atoms with Crippen LogP contribution in [0.1, 0.15) is 30.9 Å². The van der Waals surface area contributed by atoms with Crippen LogP contribution in [-0.2, 0) is 15.2 Å². The molecule has 0 spiro atoms. The minimum Gasteiger partial charge on any atom is -0.383 e. The minimum absolute atomic E-state index is 0.100. The molecule has 0 amide bonds. The predicted molar refractivity (Wildman–Crippen MR) is 82.1 cm³/mol. The van der Waals surface area contributed by atoms with Crippen molar-refractivity contribution < 1.29 is 9.63 Å². The van der Waals surface area contributed by atoms with Crippen molar-refractivity contribution in [1.29, 1.82) is 0 Å². The van der Waals surface area contributed by atoms with Crippen LogP contribution in [0.25, 0.3) is 0 Å². The van der Waals surface area contributed by atoms with Gasteiger partial charge in [-0.15, -0.1) is 0 Å². The Hall–Kier alpha value is -2.42. The summed E-state index contributed by atoms with van der Waals surface area (Å²) in [7, 11) is 0. The van der Waals surface area contributed by atoms with Gasteiger partial charge in [-0.3, -0.25) is 4.79 Å². The lowest BCUT2D eigenvalue weighted by molar-refractivity contribution is -0.124. The molecule has 0 saturated heterocycles. The summed E-state index contributed by atoms with van der Waals surface area (Å²) >= 11 is 0. The predicted octanol–water partition coefficient (Wildman–Crippen LogP) is 3.69. The topological polar surface area (TPSA) is 38.7 Å². The number of hydrogen-bond donors (Lipinski definition) is 0. The molecular formula is C18H17NO2. The quantitative estimate of drug-likeness (QED) is 0.856. The molecule has 1 aliphatic heterocycles. The first-order chi connectivity index (χ1) is 10.2. The largest absolute Gasteiger partial charge is 0.383 e. The van der Waals surface area contributed by atoms with Crippen LogP contribution in [0.4, 0.5) is 0 Å². The number of carbonyl (C=O) groups excluding carboxylic acids is 1. The average Bonchev–Trinajstić information content (AvgIpc) is 2.94. The second kappa shape index (κ2) is 5.52. The Kier molecular flexibility index (Phi) is 3.57. The van der Waals surface area contributed by atoms with E-state index < -0.39 is 5.60 Å². The van der Waals surface area contributed by atoms with E-state index in [1.807, 2.05) is 60.7 Å². The fraction of sp³-hybridized carbons (Fsp3) is 0.222. The molecule has 1 unspecified atom stereocenters. The molecule has 1 heterocycles. The van der Waals surface area contributed by atoms with Crippen LogP contribution in [0.5, 0.6) is 0 Å². The summed E-state index contributed by atoms with van der Waals surface area (Å²) in [5, 5.41) is 4.25. The Morgan fingerprint density at radius 1 is 1.10 bits per heavy atom. The van der Waals surface area contributed by atoms with Gasteiger partial charge in [-0.1, -0.05) is 65.8 Å². The Bertz CT molecular complexity index is 664. The first kappa shape index (κ1) is 13.6. The van der Waals surface area contributed by atoms with E-state index in [2.05, 4.69) is 5.16 Å². The second-order valence-corrected chi connectivity index (χ2v) is 5.41. The summed E-state index contributed by atoms with van der Waals surface area (Å²) < 4.78 is 0. The van der Waals surface area contributed by atoms with E-state index in [1.165, 1.54) is 0 Å². The lowest BCUT2D eigenvalue weighted by Crippen LogP contribution is -2.29. The van der Waals surface area contributed by atoms with Crippen LogP contribution < -0.4 is 0 Å². The van der Waals surface area contributed by atoms with Crippen molar-refractivity contribution in [3.05, 3.63) is 71.8 Å². The van der Waals surface area contributed by atoms with E-state index in [-0.39, 0.29) is 5.78 Å². The molecule has 1 atom stereocenters. The van der Waals surface area contributed by atoms with Gasteiger partial charge in [-0.05, 0) is 18.1 Å². The number of rotatable bonds is 4. The summed E-state index contributed by atoms with van der Waals surface area (Å²) in [5.74, 6) is 0.100. The molecule has 106 valence electrons. The van der Waals surface area contributed by atoms with Crippen molar-refractivity contribution in [2.75, 3.05) is 0 Å². The molecule has 2 aromatic carbocycles. The Morgan fingerprint density at radius 2 is 1.71 bits per heavy atom.